The van der Waals surface area contributed by atoms with Crippen molar-refractivity contribution < 1.29 is 9.13 Å². The Morgan fingerprint density at radius 3 is 3.00 bits per heavy atom. The molecular formula is C7H7FO. The summed E-state index contributed by atoms with van der Waals surface area (Å²) < 4.78 is 17.2. The lowest BCUT2D eigenvalue weighted by atomic mass is 10.2. The third kappa shape index (κ3) is 1.21. The van der Waals surface area contributed by atoms with Gasteiger partial charge in [0.25, 0.3) is 0 Å². The molecule has 0 aromatic carbocycles. The first-order chi connectivity index (χ1) is 4.34. The molecule has 1 rings (SSSR count). The van der Waals surface area contributed by atoms with Crippen LogP contribution in [0, 0.1) is 0 Å². The summed E-state index contributed by atoms with van der Waals surface area (Å²) in [6, 6.07) is 0. The van der Waals surface area contributed by atoms with Crippen LogP contribution in [-0.2, 0) is 4.74 Å². The maximum absolute atomic E-state index is 12.5. The molecule has 0 heterocycles. The van der Waals surface area contributed by atoms with Crippen molar-refractivity contribution in [2.45, 2.75) is 6.17 Å². The summed E-state index contributed by atoms with van der Waals surface area (Å²) in [5.74, 6) is 0.341. The van der Waals surface area contributed by atoms with E-state index in [1.54, 1.807) is 12.2 Å². The number of allylic oxidation sites excluding steroid dienone is 2. The van der Waals surface area contributed by atoms with Gasteiger partial charge in [0.05, 0.1) is 7.11 Å². The topological polar surface area (TPSA) is 9.23 Å². The number of rotatable bonds is 1. The summed E-state index contributed by atoms with van der Waals surface area (Å²) in [6.07, 6.45) is 3.39. The fourth-order valence-corrected chi connectivity index (χ4v) is 0.625. The van der Waals surface area contributed by atoms with Crippen LogP contribution in [0.4, 0.5) is 4.39 Å². The molecule has 0 aliphatic heterocycles. The van der Waals surface area contributed by atoms with Crippen LogP contribution in [0.25, 0.3) is 0 Å². The van der Waals surface area contributed by atoms with Crippen molar-refractivity contribution in [2.24, 2.45) is 0 Å². The van der Waals surface area contributed by atoms with Crippen molar-refractivity contribution in [1.29, 1.82) is 0 Å². The fourth-order valence-electron chi connectivity index (χ4n) is 0.625. The number of alkyl halides is 1. The van der Waals surface area contributed by atoms with Crippen LogP contribution in [0.3, 0.4) is 0 Å². The van der Waals surface area contributed by atoms with E-state index in [2.05, 4.69) is 10.5 Å². The van der Waals surface area contributed by atoms with Gasteiger partial charge in [0.15, 0.2) is 6.17 Å². The maximum atomic E-state index is 12.5. The lowest BCUT2D eigenvalue weighted by Crippen LogP contribution is -2.03. The first-order valence-electron chi connectivity index (χ1n) is 2.65. The van der Waals surface area contributed by atoms with Crippen LogP contribution < -0.4 is 0 Å². The molecular weight excluding hydrogens is 119 g/mol. The summed E-state index contributed by atoms with van der Waals surface area (Å²) in [6.45, 7) is 0. The summed E-state index contributed by atoms with van der Waals surface area (Å²) in [4.78, 5) is 0. The Morgan fingerprint density at radius 1 is 1.78 bits per heavy atom. The third-order valence-electron chi connectivity index (χ3n) is 1.09. The average molecular weight is 126 g/mol. The summed E-state index contributed by atoms with van der Waals surface area (Å²) in [5, 5.41) is 0. The number of ether oxygens (including phenoxy) is 1. The van der Waals surface area contributed by atoms with E-state index in [1.807, 2.05) is 0 Å². The largest absolute Gasteiger partial charge is 0.498 e. The first kappa shape index (κ1) is 6.12. The van der Waals surface area contributed by atoms with Crippen LogP contribution in [0.15, 0.2) is 29.7 Å². The van der Waals surface area contributed by atoms with Gasteiger partial charge in [-0.2, -0.15) is 0 Å². The highest BCUT2D eigenvalue weighted by Gasteiger charge is 2.09. The Morgan fingerprint density at radius 2 is 2.56 bits per heavy atom. The Labute approximate surface area is 53.1 Å². The Hall–Kier alpha value is -1.01. The molecule has 0 aromatic heterocycles. The monoisotopic (exact) mass is 126 g/mol. The minimum Gasteiger partial charge on any atom is -0.498 e. The van der Waals surface area contributed by atoms with Gasteiger partial charge >= 0.3 is 0 Å². The van der Waals surface area contributed by atoms with Gasteiger partial charge in [0.1, 0.15) is 5.76 Å². The van der Waals surface area contributed by atoms with Crippen LogP contribution in [0.2, 0.25) is 0 Å². The molecule has 48 valence electrons. The van der Waals surface area contributed by atoms with Crippen LogP contribution in [0.1, 0.15) is 0 Å². The zero-order valence-corrected chi connectivity index (χ0v) is 5.10. The van der Waals surface area contributed by atoms with E-state index in [0.717, 1.165) is 0 Å². The van der Waals surface area contributed by atoms with Crippen LogP contribution in [-0.4, -0.2) is 13.3 Å². The van der Waals surface area contributed by atoms with Crippen molar-refractivity contribution in [3.63, 3.8) is 0 Å². The molecule has 2 heteroatoms. The van der Waals surface area contributed by atoms with Crippen LogP contribution >= 0.6 is 0 Å². The summed E-state index contributed by atoms with van der Waals surface area (Å²) in [7, 11) is 1.45. The molecule has 1 aliphatic rings. The maximum Gasteiger partial charge on any atom is 0.182 e. The third-order valence-corrected chi connectivity index (χ3v) is 1.09. The van der Waals surface area contributed by atoms with E-state index in [9.17, 15) is 4.39 Å². The van der Waals surface area contributed by atoms with Crippen molar-refractivity contribution in [2.75, 3.05) is 7.11 Å². The van der Waals surface area contributed by atoms with Gasteiger partial charge in [-0.25, -0.2) is 4.39 Å². The predicted molar refractivity (Wildman–Crippen MR) is 32.6 cm³/mol. The zero-order valence-electron chi connectivity index (χ0n) is 5.10. The second kappa shape index (κ2) is 2.51. The minimum atomic E-state index is -1.11. The number of hydrogen-bond acceptors (Lipinski definition) is 1. The Bertz CT molecular complexity index is 187. The number of halogens is 1. The molecule has 0 radical (unpaired) electrons. The van der Waals surface area contributed by atoms with Gasteiger partial charge in [-0.1, -0.05) is 0 Å². The summed E-state index contributed by atoms with van der Waals surface area (Å²) in [5.41, 5.74) is 2.62. The van der Waals surface area contributed by atoms with Crippen molar-refractivity contribution in [1.82, 2.24) is 0 Å². The zero-order chi connectivity index (χ0) is 6.69. The highest BCUT2D eigenvalue weighted by molar-refractivity contribution is 5.20. The van der Waals surface area contributed by atoms with Crippen molar-refractivity contribution in [3.8, 4) is 0 Å². The van der Waals surface area contributed by atoms with Crippen LogP contribution in [0.5, 0.6) is 0 Å². The number of methoxy groups -OCH3 is 1. The van der Waals surface area contributed by atoms with Gasteiger partial charge in [0, 0.05) is 0 Å². The van der Waals surface area contributed by atoms with E-state index in [4.69, 9.17) is 0 Å². The van der Waals surface area contributed by atoms with E-state index >= 15 is 0 Å². The molecule has 9 heavy (non-hydrogen) atoms. The highest BCUT2D eigenvalue weighted by Crippen LogP contribution is 2.11. The Balaban J connectivity index is 2.76. The molecule has 1 aliphatic carbocycles. The fraction of sp³-hybridized carbons (Fsp3) is 0.286. The highest BCUT2D eigenvalue weighted by atomic mass is 19.1. The second-order valence-electron chi connectivity index (χ2n) is 1.67. The lowest BCUT2D eigenvalue weighted by molar-refractivity contribution is 0.227. The minimum absolute atomic E-state index is 0.341. The normalized spacial score (nSPS) is 23.8. The smallest absolute Gasteiger partial charge is 0.182 e. The van der Waals surface area contributed by atoms with Crippen molar-refractivity contribution in [3.05, 3.63) is 29.7 Å². The van der Waals surface area contributed by atoms with Gasteiger partial charge in [-0.3, -0.25) is 0 Å². The molecule has 0 fully saturated rings. The molecule has 1 unspecified atom stereocenters. The van der Waals surface area contributed by atoms with Gasteiger partial charge in [-0.05, 0) is 18.2 Å². The van der Waals surface area contributed by atoms with E-state index in [1.165, 1.54) is 13.2 Å². The molecule has 0 bridgehead atoms. The van der Waals surface area contributed by atoms with Gasteiger partial charge in [0.2, 0.25) is 0 Å². The number of hydrogen-bond donors (Lipinski definition) is 0. The quantitative estimate of drug-likeness (QED) is 0.485. The summed E-state index contributed by atoms with van der Waals surface area (Å²) >= 11 is 0. The molecule has 0 saturated carbocycles. The molecule has 1 nitrogen and oxygen atoms in total. The second-order valence-corrected chi connectivity index (χ2v) is 1.67. The molecule has 0 spiro atoms. The molecule has 0 saturated heterocycles. The SMILES string of the molecule is COC1=CC=C=CC1F. The van der Waals surface area contributed by atoms with E-state index < -0.39 is 6.17 Å². The van der Waals surface area contributed by atoms with E-state index in [-0.39, 0.29) is 0 Å². The van der Waals surface area contributed by atoms with Gasteiger partial charge < -0.3 is 4.74 Å². The van der Waals surface area contributed by atoms with E-state index in [0.29, 0.717) is 5.76 Å². The molecule has 0 amide bonds. The molecule has 1 atom stereocenters. The lowest BCUT2D eigenvalue weighted by Gasteiger charge is -2.06. The standard InChI is InChI=1S/C7H7FO/c1-9-7-5-3-2-4-6(7)8/h3-6H,1H3. The molecule has 0 aromatic rings. The van der Waals surface area contributed by atoms with Gasteiger partial charge in [-0.15, -0.1) is 5.73 Å². The molecule has 0 N–H and O–H groups in total. The Kier molecular flexibility index (Phi) is 1.71. The first-order valence-corrected chi connectivity index (χ1v) is 2.65. The van der Waals surface area contributed by atoms with Crippen molar-refractivity contribution >= 4 is 0 Å². The average Bonchev–Trinajstić information content (AvgIpc) is 1.89. The predicted octanol–water partition coefficient (Wildman–Crippen LogP) is 1.58.